The summed E-state index contributed by atoms with van der Waals surface area (Å²) in [7, 11) is 1.90. The van der Waals surface area contributed by atoms with E-state index in [-0.39, 0.29) is 5.96 Å². The molecule has 1 rings (SSSR count). The lowest BCUT2D eigenvalue weighted by Gasteiger charge is -2.27. The molecule has 5 heteroatoms. The summed E-state index contributed by atoms with van der Waals surface area (Å²) in [4.78, 5) is 5.61. The van der Waals surface area contributed by atoms with Crippen LogP contribution in [0.5, 0.6) is 0 Å². The van der Waals surface area contributed by atoms with Crippen LogP contribution in [0.4, 0.5) is 0 Å². The molecule has 1 aliphatic carbocycles. The molecule has 0 aromatic heterocycles. The van der Waals surface area contributed by atoms with Crippen molar-refractivity contribution in [3.63, 3.8) is 0 Å². The van der Waals surface area contributed by atoms with E-state index in [9.17, 15) is 0 Å². The second-order valence-electron chi connectivity index (χ2n) is 4.24. The molecular weight excluding hydrogens is 190 g/mol. The van der Waals surface area contributed by atoms with Gasteiger partial charge in [-0.25, -0.2) is 0 Å². The Morgan fingerprint density at radius 3 is 2.47 bits per heavy atom. The summed E-state index contributed by atoms with van der Waals surface area (Å²) in [5, 5.41) is 7.02. The Morgan fingerprint density at radius 1 is 1.33 bits per heavy atom. The van der Waals surface area contributed by atoms with Gasteiger partial charge in [0, 0.05) is 13.6 Å². The minimum atomic E-state index is -0.233. The number of aliphatic imine (C=N–C) groups is 1. The Bertz CT molecular complexity index is 242. The minimum absolute atomic E-state index is 0.233. The highest BCUT2D eigenvalue weighted by Crippen LogP contribution is 2.23. The summed E-state index contributed by atoms with van der Waals surface area (Å²) >= 11 is 0. The quantitative estimate of drug-likeness (QED) is 0.464. The van der Waals surface area contributed by atoms with Crippen molar-refractivity contribution in [2.45, 2.75) is 32.1 Å². The van der Waals surface area contributed by atoms with Crippen LogP contribution in [0.15, 0.2) is 4.99 Å². The molecule has 0 heterocycles. The van der Waals surface area contributed by atoms with Crippen LogP contribution in [-0.4, -0.2) is 30.4 Å². The standard InChI is InChI=1S/C10H21N5/c1-15(10(13)14-9(11)12)7-8-5-3-2-4-6-8/h8H,2-7H2,1H3,(H5,11,12,13,14). The van der Waals surface area contributed by atoms with Gasteiger partial charge in [0.2, 0.25) is 5.96 Å². The lowest BCUT2D eigenvalue weighted by Crippen LogP contribution is -2.39. The Morgan fingerprint density at radius 2 is 1.93 bits per heavy atom. The van der Waals surface area contributed by atoms with Crippen molar-refractivity contribution in [3.05, 3.63) is 0 Å². The van der Waals surface area contributed by atoms with Gasteiger partial charge in [-0.3, -0.25) is 5.41 Å². The van der Waals surface area contributed by atoms with Gasteiger partial charge >= 0.3 is 0 Å². The highest BCUT2D eigenvalue weighted by molar-refractivity contribution is 5.91. The van der Waals surface area contributed by atoms with E-state index in [0.717, 1.165) is 6.54 Å². The highest BCUT2D eigenvalue weighted by Gasteiger charge is 2.16. The van der Waals surface area contributed by atoms with E-state index >= 15 is 0 Å². The highest BCUT2D eigenvalue weighted by atomic mass is 15.2. The monoisotopic (exact) mass is 211 g/mol. The number of hydrogen-bond donors (Lipinski definition) is 3. The molecule has 0 aliphatic heterocycles. The van der Waals surface area contributed by atoms with Gasteiger partial charge < -0.3 is 16.4 Å². The number of rotatable bonds is 2. The van der Waals surface area contributed by atoms with Crippen molar-refractivity contribution in [2.24, 2.45) is 22.4 Å². The van der Waals surface area contributed by atoms with Crippen LogP contribution in [0.1, 0.15) is 32.1 Å². The van der Waals surface area contributed by atoms with Crippen molar-refractivity contribution in [1.82, 2.24) is 4.90 Å². The van der Waals surface area contributed by atoms with Crippen LogP contribution in [0.25, 0.3) is 0 Å². The second kappa shape index (κ2) is 5.58. The maximum Gasteiger partial charge on any atom is 0.215 e. The third-order valence-corrected chi connectivity index (χ3v) is 2.88. The smallest absolute Gasteiger partial charge is 0.215 e. The van der Waals surface area contributed by atoms with E-state index in [1.54, 1.807) is 0 Å². The normalized spacial score (nSPS) is 18.9. The predicted octanol–water partition coefficient (Wildman–Crippen LogP) is 0.707. The first kappa shape index (κ1) is 11.8. The lowest BCUT2D eigenvalue weighted by molar-refractivity contribution is 0.295. The van der Waals surface area contributed by atoms with E-state index < -0.39 is 0 Å². The number of guanidine groups is 2. The maximum atomic E-state index is 7.02. The zero-order chi connectivity index (χ0) is 11.3. The van der Waals surface area contributed by atoms with Gasteiger partial charge in [0.25, 0.3) is 0 Å². The second-order valence-corrected chi connectivity index (χ2v) is 4.24. The third-order valence-electron chi connectivity index (χ3n) is 2.88. The minimum Gasteiger partial charge on any atom is -0.369 e. The van der Waals surface area contributed by atoms with E-state index in [1.807, 2.05) is 11.9 Å². The van der Waals surface area contributed by atoms with Crippen LogP contribution in [0.2, 0.25) is 0 Å². The molecule has 1 aliphatic rings. The SMILES string of the molecule is CN(CC1CCCCC1)/C(N)=N/C(=N)N. The molecule has 5 nitrogen and oxygen atoms in total. The maximum absolute atomic E-state index is 7.02. The van der Waals surface area contributed by atoms with Crippen molar-refractivity contribution in [3.8, 4) is 0 Å². The van der Waals surface area contributed by atoms with Gasteiger partial charge in [0.15, 0.2) is 5.96 Å². The topological polar surface area (TPSA) is 91.5 Å². The molecule has 0 atom stereocenters. The van der Waals surface area contributed by atoms with E-state index in [0.29, 0.717) is 11.9 Å². The average molecular weight is 211 g/mol. The predicted molar refractivity (Wildman–Crippen MR) is 62.7 cm³/mol. The fraction of sp³-hybridized carbons (Fsp3) is 0.800. The third kappa shape index (κ3) is 4.18. The molecule has 0 radical (unpaired) electrons. The fourth-order valence-electron chi connectivity index (χ4n) is 2.06. The number of hydrogen-bond acceptors (Lipinski definition) is 1. The Kier molecular flexibility index (Phi) is 4.39. The van der Waals surface area contributed by atoms with Crippen molar-refractivity contribution < 1.29 is 0 Å². The molecule has 0 saturated heterocycles. The largest absolute Gasteiger partial charge is 0.369 e. The molecular formula is C10H21N5. The Balaban J connectivity index is 2.39. The molecule has 15 heavy (non-hydrogen) atoms. The van der Waals surface area contributed by atoms with Crippen LogP contribution in [-0.2, 0) is 0 Å². The van der Waals surface area contributed by atoms with Gasteiger partial charge in [-0.15, -0.1) is 0 Å². The van der Waals surface area contributed by atoms with Gasteiger partial charge in [-0.2, -0.15) is 4.99 Å². The molecule has 1 fully saturated rings. The Hall–Kier alpha value is -1.26. The summed E-state index contributed by atoms with van der Waals surface area (Å²) < 4.78 is 0. The zero-order valence-corrected chi connectivity index (χ0v) is 9.37. The fourth-order valence-corrected chi connectivity index (χ4v) is 2.06. The van der Waals surface area contributed by atoms with Crippen LogP contribution < -0.4 is 11.5 Å². The molecule has 0 aromatic carbocycles. The molecule has 0 unspecified atom stereocenters. The summed E-state index contributed by atoms with van der Waals surface area (Å²) in [6, 6.07) is 0. The molecule has 0 amide bonds. The first-order valence-corrected chi connectivity index (χ1v) is 5.49. The Labute approximate surface area is 91.0 Å². The molecule has 5 N–H and O–H groups in total. The lowest BCUT2D eigenvalue weighted by atomic mass is 9.89. The number of nitrogens with one attached hydrogen (secondary N) is 1. The first-order chi connectivity index (χ1) is 7.09. The van der Waals surface area contributed by atoms with Gasteiger partial charge in [-0.1, -0.05) is 19.3 Å². The first-order valence-electron chi connectivity index (χ1n) is 5.49. The van der Waals surface area contributed by atoms with Crippen molar-refractivity contribution in [2.75, 3.05) is 13.6 Å². The molecule has 1 saturated carbocycles. The van der Waals surface area contributed by atoms with Crippen LogP contribution in [0, 0.1) is 11.3 Å². The summed E-state index contributed by atoms with van der Waals surface area (Å²) in [6.45, 7) is 0.919. The van der Waals surface area contributed by atoms with E-state index in [4.69, 9.17) is 16.9 Å². The van der Waals surface area contributed by atoms with Crippen molar-refractivity contribution >= 4 is 11.9 Å². The van der Waals surface area contributed by atoms with Gasteiger partial charge in [-0.05, 0) is 18.8 Å². The van der Waals surface area contributed by atoms with E-state index in [1.165, 1.54) is 32.1 Å². The summed E-state index contributed by atoms with van der Waals surface area (Å²) in [5.41, 5.74) is 10.8. The zero-order valence-electron chi connectivity index (χ0n) is 9.37. The van der Waals surface area contributed by atoms with Crippen LogP contribution >= 0.6 is 0 Å². The summed E-state index contributed by atoms with van der Waals surface area (Å²) in [6.07, 6.45) is 6.55. The molecule has 86 valence electrons. The average Bonchev–Trinajstić information content (AvgIpc) is 2.18. The van der Waals surface area contributed by atoms with E-state index in [2.05, 4.69) is 4.99 Å². The van der Waals surface area contributed by atoms with Crippen molar-refractivity contribution in [1.29, 1.82) is 5.41 Å². The van der Waals surface area contributed by atoms with Gasteiger partial charge in [0.05, 0.1) is 0 Å². The summed E-state index contributed by atoms with van der Waals surface area (Å²) in [5.74, 6) is 0.820. The number of nitrogens with zero attached hydrogens (tertiary/aromatic N) is 2. The van der Waals surface area contributed by atoms with Gasteiger partial charge in [0.1, 0.15) is 0 Å². The molecule has 0 spiro atoms. The molecule has 0 aromatic rings. The molecule has 0 bridgehead atoms. The number of nitrogens with two attached hydrogens (primary N) is 2. The van der Waals surface area contributed by atoms with Crippen LogP contribution in [0.3, 0.4) is 0 Å².